The number of rotatable bonds is 4. The molecule has 1 atom stereocenters. The Morgan fingerprint density at radius 3 is 2.74 bits per heavy atom. The second-order valence-corrected chi connectivity index (χ2v) is 5.68. The first kappa shape index (κ1) is 15.2. The molecule has 1 fully saturated rings. The van der Waals surface area contributed by atoms with E-state index in [2.05, 4.69) is 22.2 Å². The summed E-state index contributed by atoms with van der Waals surface area (Å²) in [5.41, 5.74) is 0.692. The molecule has 7 nitrogen and oxygen atoms in total. The minimum absolute atomic E-state index is 0.0647. The summed E-state index contributed by atoms with van der Waals surface area (Å²) in [6.07, 6.45) is 4.57. The number of nitro groups is 1. The predicted octanol–water partition coefficient (Wildman–Crippen LogP) is 3.51. The molecule has 0 amide bonds. The van der Waals surface area contributed by atoms with E-state index in [1.54, 1.807) is 0 Å². The molecule has 120 valence electrons. The second kappa shape index (κ2) is 6.60. The maximum absolute atomic E-state index is 11.6. The first-order chi connectivity index (χ1) is 11.2. The second-order valence-electron chi connectivity index (χ2n) is 5.68. The molecule has 2 heterocycles. The number of para-hydroxylation sites is 1. The molecule has 7 heteroatoms. The highest BCUT2D eigenvalue weighted by atomic mass is 16.6. The predicted molar refractivity (Wildman–Crippen MR) is 89.1 cm³/mol. The van der Waals surface area contributed by atoms with E-state index in [1.165, 1.54) is 6.33 Å². The van der Waals surface area contributed by atoms with Gasteiger partial charge in [-0.1, -0.05) is 18.2 Å². The van der Waals surface area contributed by atoms with Crippen molar-refractivity contribution in [3.63, 3.8) is 0 Å². The molecule has 1 unspecified atom stereocenters. The van der Waals surface area contributed by atoms with Crippen LogP contribution in [0.15, 0.2) is 36.7 Å². The van der Waals surface area contributed by atoms with Gasteiger partial charge in [-0.3, -0.25) is 10.1 Å². The highest BCUT2D eigenvalue weighted by molar-refractivity contribution is 5.74. The van der Waals surface area contributed by atoms with Gasteiger partial charge in [0.15, 0.2) is 0 Å². The van der Waals surface area contributed by atoms with Crippen molar-refractivity contribution in [3.05, 3.63) is 46.8 Å². The Labute approximate surface area is 134 Å². The van der Waals surface area contributed by atoms with Crippen LogP contribution in [0.5, 0.6) is 0 Å². The molecule has 0 saturated carbocycles. The van der Waals surface area contributed by atoms with Gasteiger partial charge in [-0.15, -0.1) is 0 Å². The van der Waals surface area contributed by atoms with E-state index in [1.807, 2.05) is 35.2 Å². The molecule has 0 spiro atoms. The quantitative estimate of drug-likeness (QED) is 0.687. The summed E-state index contributed by atoms with van der Waals surface area (Å²) >= 11 is 0. The fraction of sp³-hybridized carbons (Fsp3) is 0.375. The van der Waals surface area contributed by atoms with Gasteiger partial charge in [0.1, 0.15) is 6.33 Å². The van der Waals surface area contributed by atoms with Crippen LogP contribution < -0.4 is 10.2 Å². The zero-order chi connectivity index (χ0) is 16.2. The maximum atomic E-state index is 11.6. The minimum Gasteiger partial charge on any atom is -0.348 e. The van der Waals surface area contributed by atoms with Crippen LogP contribution in [-0.2, 0) is 0 Å². The normalized spacial score (nSPS) is 17.8. The van der Waals surface area contributed by atoms with Crippen LogP contribution in [0.3, 0.4) is 0 Å². The monoisotopic (exact) mass is 313 g/mol. The maximum Gasteiger partial charge on any atom is 0.353 e. The van der Waals surface area contributed by atoms with Gasteiger partial charge < -0.3 is 10.2 Å². The molecule has 2 aromatic rings. The molecule has 0 radical (unpaired) electrons. The smallest absolute Gasteiger partial charge is 0.348 e. The number of piperidine rings is 1. The largest absolute Gasteiger partial charge is 0.353 e. The summed E-state index contributed by atoms with van der Waals surface area (Å²) in [4.78, 5) is 21.5. The third-order valence-electron chi connectivity index (χ3n) is 4.10. The highest BCUT2D eigenvalue weighted by Gasteiger charge is 2.30. The van der Waals surface area contributed by atoms with E-state index in [0.29, 0.717) is 5.82 Å². The third kappa shape index (κ3) is 3.23. The molecule has 1 aromatic carbocycles. The van der Waals surface area contributed by atoms with Crippen LogP contribution in [0.1, 0.15) is 26.2 Å². The summed E-state index contributed by atoms with van der Waals surface area (Å²) in [7, 11) is 0. The van der Waals surface area contributed by atoms with Gasteiger partial charge in [-0.25, -0.2) is 9.97 Å². The molecular weight excluding hydrogens is 294 g/mol. The van der Waals surface area contributed by atoms with Gasteiger partial charge in [0.05, 0.1) is 4.92 Å². The van der Waals surface area contributed by atoms with Crippen LogP contribution >= 0.6 is 0 Å². The van der Waals surface area contributed by atoms with E-state index < -0.39 is 4.92 Å². The fourth-order valence-corrected chi connectivity index (χ4v) is 2.91. The number of nitrogens with zero attached hydrogens (tertiary/aromatic N) is 4. The Morgan fingerprint density at radius 1 is 1.26 bits per heavy atom. The van der Waals surface area contributed by atoms with Gasteiger partial charge >= 0.3 is 5.69 Å². The summed E-state index contributed by atoms with van der Waals surface area (Å²) in [6, 6.07) is 9.54. The van der Waals surface area contributed by atoms with Crippen molar-refractivity contribution in [2.24, 2.45) is 0 Å². The third-order valence-corrected chi connectivity index (χ3v) is 4.10. The number of hydrogen-bond donors (Lipinski definition) is 1. The fourth-order valence-electron chi connectivity index (χ4n) is 2.91. The first-order valence-electron chi connectivity index (χ1n) is 7.75. The van der Waals surface area contributed by atoms with Crippen molar-refractivity contribution in [2.75, 3.05) is 16.8 Å². The van der Waals surface area contributed by atoms with Crippen molar-refractivity contribution in [1.29, 1.82) is 0 Å². The SMILES string of the molecule is CC1CCCCN1c1ncnc(Nc2ccccc2)c1[N+](=O)[O-]. The summed E-state index contributed by atoms with van der Waals surface area (Å²) in [5, 5.41) is 14.7. The molecule has 1 aliphatic heterocycles. The molecule has 1 aromatic heterocycles. The van der Waals surface area contributed by atoms with Crippen LogP contribution in [0.4, 0.5) is 23.0 Å². The number of aromatic nitrogens is 2. The minimum atomic E-state index is -0.401. The lowest BCUT2D eigenvalue weighted by Gasteiger charge is -2.33. The lowest BCUT2D eigenvalue weighted by Crippen LogP contribution is -2.38. The van der Waals surface area contributed by atoms with Gasteiger partial charge in [0.25, 0.3) is 0 Å². The molecule has 23 heavy (non-hydrogen) atoms. The molecule has 3 rings (SSSR count). The van der Waals surface area contributed by atoms with E-state index in [9.17, 15) is 10.1 Å². The molecule has 0 aliphatic carbocycles. The van der Waals surface area contributed by atoms with Crippen LogP contribution in [-0.4, -0.2) is 27.5 Å². The molecule has 0 bridgehead atoms. The van der Waals surface area contributed by atoms with E-state index in [4.69, 9.17) is 0 Å². The van der Waals surface area contributed by atoms with Crippen LogP contribution in [0.25, 0.3) is 0 Å². The zero-order valence-electron chi connectivity index (χ0n) is 13.0. The number of anilines is 3. The average Bonchev–Trinajstić information content (AvgIpc) is 2.56. The van der Waals surface area contributed by atoms with Gasteiger partial charge in [0, 0.05) is 18.3 Å². The Kier molecular flexibility index (Phi) is 4.36. The Hall–Kier alpha value is -2.70. The van der Waals surface area contributed by atoms with Crippen molar-refractivity contribution < 1.29 is 4.92 Å². The van der Waals surface area contributed by atoms with Crippen molar-refractivity contribution in [2.45, 2.75) is 32.2 Å². The van der Waals surface area contributed by atoms with E-state index >= 15 is 0 Å². The lowest BCUT2D eigenvalue weighted by atomic mass is 10.0. The Balaban J connectivity index is 2.00. The van der Waals surface area contributed by atoms with Gasteiger partial charge in [-0.05, 0) is 38.3 Å². The van der Waals surface area contributed by atoms with Gasteiger partial charge in [0.2, 0.25) is 11.6 Å². The van der Waals surface area contributed by atoms with E-state index in [0.717, 1.165) is 31.5 Å². The number of benzene rings is 1. The highest BCUT2D eigenvalue weighted by Crippen LogP contribution is 2.36. The molecule has 1 aliphatic rings. The lowest BCUT2D eigenvalue weighted by molar-refractivity contribution is -0.383. The molecule has 1 N–H and O–H groups in total. The summed E-state index contributed by atoms with van der Waals surface area (Å²) < 4.78 is 0. The Morgan fingerprint density at radius 2 is 2.04 bits per heavy atom. The van der Waals surface area contributed by atoms with Crippen molar-refractivity contribution >= 4 is 23.0 Å². The van der Waals surface area contributed by atoms with Crippen LogP contribution in [0, 0.1) is 10.1 Å². The molecule has 1 saturated heterocycles. The summed E-state index contributed by atoms with van der Waals surface area (Å²) in [5.74, 6) is 0.625. The summed E-state index contributed by atoms with van der Waals surface area (Å²) in [6.45, 7) is 2.86. The molecular formula is C16H19N5O2. The number of nitrogens with one attached hydrogen (secondary N) is 1. The topological polar surface area (TPSA) is 84.2 Å². The number of hydrogen-bond acceptors (Lipinski definition) is 6. The van der Waals surface area contributed by atoms with Gasteiger partial charge in [-0.2, -0.15) is 0 Å². The first-order valence-corrected chi connectivity index (χ1v) is 7.75. The average molecular weight is 313 g/mol. The standard InChI is InChI=1S/C16H19N5O2/c1-12-7-5-6-10-20(12)16-14(21(22)23)15(17-11-18-16)19-13-8-3-2-4-9-13/h2-4,8-9,11-12H,5-7,10H2,1H3,(H,17,18,19). The van der Waals surface area contributed by atoms with E-state index in [-0.39, 0.29) is 17.5 Å². The van der Waals surface area contributed by atoms with Crippen LogP contribution in [0.2, 0.25) is 0 Å². The van der Waals surface area contributed by atoms with Crippen molar-refractivity contribution in [3.8, 4) is 0 Å². The van der Waals surface area contributed by atoms with Crippen molar-refractivity contribution in [1.82, 2.24) is 9.97 Å². The Bertz CT molecular complexity index is 692. The zero-order valence-corrected chi connectivity index (χ0v) is 13.0.